The van der Waals surface area contributed by atoms with E-state index in [1.54, 1.807) is 0 Å². The van der Waals surface area contributed by atoms with Gasteiger partial charge in [0.05, 0.1) is 11.0 Å². The zero-order valence-corrected chi connectivity index (χ0v) is 37.6. The molecule has 3 nitrogen and oxygen atoms in total. The Hall–Kier alpha value is -9.18. The van der Waals surface area contributed by atoms with E-state index in [0.29, 0.717) is 0 Å². The summed E-state index contributed by atoms with van der Waals surface area (Å²) < 4.78 is 8.97. The SMILES string of the molecule is c1ccc(-c2ccc(N(c3ccc(-c4ccc(-c5ccc6c7ccccc7c7c(c(-c8ccccc8)c8ccccn87)c6c5)cc4)cc3)c3ccc4c(c3)oc3ccc5ccccc5c34)cc2)cc1. The number of aromatic nitrogens is 1. The Morgan fingerprint density at radius 3 is 1.54 bits per heavy atom. The molecule has 0 radical (unpaired) electrons. The Kier molecular flexibility index (Phi) is 8.90. The molecule has 69 heavy (non-hydrogen) atoms. The third-order valence-electron chi connectivity index (χ3n) is 14.2. The third-order valence-corrected chi connectivity index (χ3v) is 14.2. The summed E-state index contributed by atoms with van der Waals surface area (Å²) in [5.74, 6) is 0. The molecule has 0 aliphatic heterocycles. The molecule has 0 atom stereocenters. The molecule has 3 aromatic heterocycles. The van der Waals surface area contributed by atoms with Gasteiger partial charge in [-0.1, -0.05) is 182 Å². The van der Waals surface area contributed by atoms with Gasteiger partial charge in [0.2, 0.25) is 0 Å². The van der Waals surface area contributed by atoms with E-state index in [0.717, 1.165) is 44.6 Å². The normalized spacial score (nSPS) is 11.8. The Morgan fingerprint density at radius 2 is 0.826 bits per heavy atom. The van der Waals surface area contributed by atoms with E-state index >= 15 is 0 Å². The van der Waals surface area contributed by atoms with Crippen molar-refractivity contribution in [2.24, 2.45) is 0 Å². The van der Waals surface area contributed by atoms with Crippen molar-refractivity contribution in [3.8, 4) is 44.5 Å². The van der Waals surface area contributed by atoms with Crippen LogP contribution in [0.15, 0.2) is 259 Å². The summed E-state index contributed by atoms with van der Waals surface area (Å²) >= 11 is 0. The number of furan rings is 1. The molecule has 0 N–H and O–H groups in total. The maximum absolute atomic E-state index is 6.58. The first-order valence-electron chi connectivity index (χ1n) is 23.7. The van der Waals surface area contributed by atoms with Crippen LogP contribution in [0.2, 0.25) is 0 Å². The maximum Gasteiger partial charge on any atom is 0.137 e. The molecule has 0 fully saturated rings. The van der Waals surface area contributed by atoms with Crippen LogP contribution < -0.4 is 4.90 Å². The predicted molar refractivity (Wildman–Crippen MR) is 291 cm³/mol. The summed E-state index contributed by atoms with van der Waals surface area (Å²) in [5.41, 5.74) is 16.9. The molecule has 0 saturated heterocycles. The number of rotatable bonds is 7. The van der Waals surface area contributed by atoms with Gasteiger partial charge < -0.3 is 13.7 Å². The summed E-state index contributed by atoms with van der Waals surface area (Å²) in [6, 6.07) is 90.1. The first-order chi connectivity index (χ1) is 34.2. The molecule has 0 amide bonds. The molecule has 14 aromatic rings. The minimum Gasteiger partial charge on any atom is -0.456 e. The third kappa shape index (κ3) is 6.36. The van der Waals surface area contributed by atoms with E-state index in [4.69, 9.17) is 4.42 Å². The van der Waals surface area contributed by atoms with Crippen LogP contribution in [0.5, 0.6) is 0 Å². The summed E-state index contributed by atoms with van der Waals surface area (Å²) in [6.45, 7) is 0. The van der Waals surface area contributed by atoms with Gasteiger partial charge in [-0.25, -0.2) is 0 Å². The first-order valence-corrected chi connectivity index (χ1v) is 23.7. The summed E-state index contributed by atoms with van der Waals surface area (Å²) in [5, 5.41) is 11.0. The van der Waals surface area contributed by atoms with Crippen molar-refractivity contribution in [3.63, 3.8) is 0 Å². The van der Waals surface area contributed by atoms with Crippen molar-refractivity contribution in [1.29, 1.82) is 0 Å². The van der Waals surface area contributed by atoms with Crippen LogP contribution in [-0.2, 0) is 0 Å². The van der Waals surface area contributed by atoms with Gasteiger partial charge in [0.15, 0.2) is 0 Å². The van der Waals surface area contributed by atoms with E-state index < -0.39 is 0 Å². The number of fused-ring (bicyclic) bond motifs is 13. The number of hydrogen-bond acceptors (Lipinski definition) is 2. The fourth-order valence-corrected chi connectivity index (χ4v) is 10.9. The van der Waals surface area contributed by atoms with E-state index in [9.17, 15) is 0 Å². The second kappa shape index (κ2) is 15.7. The first kappa shape index (κ1) is 39.0. The Bertz CT molecular complexity index is 4260. The smallest absolute Gasteiger partial charge is 0.137 e. The lowest BCUT2D eigenvalue weighted by Gasteiger charge is -2.26. The van der Waals surface area contributed by atoms with Crippen molar-refractivity contribution in [3.05, 3.63) is 255 Å². The molecule has 3 heterocycles. The Balaban J connectivity index is 0.844. The van der Waals surface area contributed by atoms with Gasteiger partial charge in [0.25, 0.3) is 0 Å². The van der Waals surface area contributed by atoms with E-state index in [-0.39, 0.29) is 0 Å². The average Bonchev–Trinajstić information content (AvgIpc) is 3.99. The molecular weight excluding hydrogens is 837 g/mol. The highest BCUT2D eigenvalue weighted by Crippen LogP contribution is 2.46. The Labute approximate surface area is 399 Å². The van der Waals surface area contributed by atoms with Crippen LogP contribution in [0.25, 0.3) is 115 Å². The summed E-state index contributed by atoms with van der Waals surface area (Å²) in [4.78, 5) is 2.32. The molecule has 0 spiro atoms. The summed E-state index contributed by atoms with van der Waals surface area (Å²) in [7, 11) is 0. The van der Waals surface area contributed by atoms with Crippen LogP contribution in [0.3, 0.4) is 0 Å². The molecular formula is C66H42N2O. The van der Waals surface area contributed by atoms with Gasteiger partial charge in [-0.2, -0.15) is 0 Å². The Morgan fingerprint density at radius 1 is 0.304 bits per heavy atom. The average molecular weight is 879 g/mol. The second-order valence-electron chi connectivity index (χ2n) is 18.0. The number of anilines is 3. The van der Waals surface area contributed by atoms with Gasteiger partial charge >= 0.3 is 0 Å². The van der Waals surface area contributed by atoms with E-state index in [2.05, 4.69) is 264 Å². The molecule has 11 aromatic carbocycles. The van der Waals surface area contributed by atoms with Crippen LogP contribution >= 0.6 is 0 Å². The van der Waals surface area contributed by atoms with Gasteiger partial charge in [0, 0.05) is 56.4 Å². The molecule has 3 heteroatoms. The fraction of sp³-hybridized carbons (Fsp3) is 0. The number of benzene rings is 11. The standard InChI is InChI=1S/C66H42N2O/c1-3-13-43(14-4-1)45-26-32-51(33-27-45)68(53-36-38-58-62(42-53)69-61-39-31-48-15-7-8-18-54(48)64(58)61)52-34-28-46(29-35-52)44-22-24-47(25-23-44)50-30-37-56-55-19-9-10-20-57(55)66-65(59(56)41-50)63(49-16-5-2-6-17-49)60-21-11-12-40-67(60)66/h1-42H. The second-order valence-corrected chi connectivity index (χ2v) is 18.0. The maximum atomic E-state index is 6.58. The monoisotopic (exact) mass is 878 g/mol. The highest BCUT2D eigenvalue weighted by Gasteiger charge is 2.21. The van der Waals surface area contributed by atoms with Gasteiger partial charge in [-0.3, -0.25) is 0 Å². The topological polar surface area (TPSA) is 20.8 Å². The molecule has 14 rings (SSSR count). The largest absolute Gasteiger partial charge is 0.456 e. The van der Waals surface area contributed by atoms with E-state index in [1.807, 2.05) is 0 Å². The fourth-order valence-electron chi connectivity index (χ4n) is 10.9. The van der Waals surface area contributed by atoms with Crippen molar-refractivity contribution >= 4 is 87.7 Å². The zero-order chi connectivity index (χ0) is 45.4. The number of hydrogen-bond donors (Lipinski definition) is 0. The molecule has 322 valence electrons. The molecule has 0 unspecified atom stereocenters. The molecule has 0 aliphatic carbocycles. The highest BCUT2D eigenvalue weighted by atomic mass is 16.3. The quantitative estimate of drug-likeness (QED) is 0.149. The number of nitrogens with zero attached hydrogens (tertiary/aromatic N) is 2. The van der Waals surface area contributed by atoms with Gasteiger partial charge in [-0.05, 0) is 127 Å². The lowest BCUT2D eigenvalue weighted by Crippen LogP contribution is -2.09. The number of pyridine rings is 1. The van der Waals surface area contributed by atoms with Crippen molar-refractivity contribution in [2.75, 3.05) is 4.90 Å². The molecule has 0 saturated carbocycles. The summed E-state index contributed by atoms with van der Waals surface area (Å²) in [6.07, 6.45) is 2.21. The van der Waals surface area contributed by atoms with Crippen molar-refractivity contribution in [1.82, 2.24) is 4.40 Å². The molecule has 0 bridgehead atoms. The minimum absolute atomic E-state index is 0.865. The van der Waals surface area contributed by atoms with Gasteiger partial charge in [-0.15, -0.1) is 0 Å². The highest BCUT2D eigenvalue weighted by molar-refractivity contribution is 6.30. The van der Waals surface area contributed by atoms with Crippen molar-refractivity contribution < 1.29 is 4.42 Å². The molecule has 0 aliphatic rings. The van der Waals surface area contributed by atoms with Crippen LogP contribution in [0.4, 0.5) is 17.1 Å². The minimum atomic E-state index is 0.865. The van der Waals surface area contributed by atoms with Crippen molar-refractivity contribution in [2.45, 2.75) is 0 Å². The van der Waals surface area contributed by atoms with Crippen LogP contribution in [-0.4, -0.2) is 4.40 Å². The van der Waals surface area contributed by atoms with Gasteiger partial charge in [0.1, 0.15) is 11.2 Å². The zero-order valence-electron chi connectivity index (χ0n) is 37.6. The lowest BCUT2D eigenvalue weighted by molar-refractivity contribution is 0.669. The van der Waals surface area contributed by atoms with Crippen LogP contribution in [0, 0.1) is 0 Å². The predicted octanol–water partition coefficient (Wildman–Crippen LogP) is 18.6. The van der Waals surface area contributed by atoms with E-state index in [1.165, 1.54) is 87.7 Å². The van der Waals surface area contributed by atoms with Crippen LogP contribution in [0.1, 0.15) is 0 Å². The lowest BCUT2D eigenvalue weighted by atomic mass is 9.91.